The van der Waals surface area contributed by atoms with Crippen LogP contribution < -0.4 is 10.2 Å². The molecule has 7 heteroatoms. The molecule has 0 spiro atoms. The number of carbonyl (C=O) groups excluding carboxylic acids is 4. The van der Waals surface area contributed by atoms with Crippen molar-refractivity contribution >= 4 is 35.1 Å². The molecule has 0 radical (unpaired) electrons. The number of hydrogen-bond donors (Lipinski definition) is 1. The van der Waals surface area contributed by atoms with E-state index in [2.05, 4.69) is 5.32 Å². The Morgan fingerprint density at radius 3 is 2.39 bits per heavy atom. The molecule has 1 heterocycles. The highest BCUT2D eigenvalue weighted by Crippen LogP contribution is 2.24. The average Bonchev–Trinajstić information content (AvgIpc) is 3.00. The molecule has 0 aromatic heterocycles. The van der Waals surface area contributed by atoms with Crippen molar-refractivity contribution in [1.29, 1.82) is 0 Å². The van der Waals surface area contributed by atoms with Gasteiger partial charge in [0.2, 0.25) is 11.8 Å². The fourth-order valence-corrected chi connectivity index (χ4v) is 2.89. The maximum Gasteiger partial charge on any atom is 0.338 e. The third-order valence-corrected chi connectivity index (χ3v) is 4.33. The van der Waals surface area contributed by atoms with E-state index in [9.17, 15) is 19.2 Å². The lowest BCUT2D eigenvalue weighted by Crippen LogP contribution is -2.30. The summed E-state index contributed by atoms with van der Waals surface area (Å²) in [4.78, 5) is 49.5. The SMILES string of the molecule is Cc1cccc(NC(=O)[C@H](C)OC(=O)c2cccc(N3C(=O)CCC3=O)c2)c1. The van der Waals surface area contributed by atoms with E-state index < -0.39 is 18.0 Å². The molecule has 0 saturated carbocycles. The van der Waals surface area contributed by atoms with Gasteiger partial charge in [-0.25, -0.2) is 4.79 Å². The monoisotopic (exact) mass is 380 g/mol. The molecular weight excluding hydrogens is 360 g/mol. The third-order valence-electron chi connectivity index (χ3n) is 4.33. The Balaban J connectivity index is 1.67. The molecule has 2 aromatic carbocycles. The largest absolute Gasteiger partial charge is 0.449 e. The van der Waals surface area contributed by atoms with E-state index in [1.54, 1.807) is 24.3 Å². The van der Waals surface area contributed by atoms with Crippen molar-refractivity contribution in [2.45, 2.75) is 32.8 Å². The second kappa shape index (κ2) is 8.04. The lowest BCUT2D eigenvalue weighted by molar-refractivity contribution is -0.124. The lowest BCUT2D eigenvalue weighted by Gasteiger charge is -2.16. The Morgan fingerprint density at radius 2 is 1.71 bits per heavy atom. The van der Waals surface area contributed by atoms with Crippen molar-refractivity contribution in [1.82, 2.24) is 0 Å². The molecular formula is C21H20N2O5. The quantitative estimate of drug-likeness (QED) is 0.636. The molecule has 0 unspecified atom stereocenters. The lowest BCUT2D eigenvalue weighted by atomic mass is 10.2. The van der Waals surface area contributed by atoms with Crippen LogP contribution in [0.3, 0.4) is 0 Å². The summed E-state index contributed by atoms with van der Waals surface area (Å²) in [5.41, 5.74) is 2.07. The molecule has 0 aliphatic carbocycles. The summed E-state index contributed by atoms with van der Waals surface area (Å²) in [5, 5.41) is 2.69. The molecule has 1 aliphatic heterocycles. The van der Waals surface area contributed by atoms with E-state index in [-0.39, 0.29) is 30.2 Å². The van der Waals surface area contributed by atoms with E-state index in [0.717, 1.165) is 10.5 Å². The zero-order valence-electron chi connectivity index (χ0n) is 15.6. The number of aryl methyl sites for hydroxylation is 1. The van der Waals surface area contributed by atoms with Crippen molar-refractivity contribution in [3.05, 3.63) is 59.7 Å². The number of benzene rings is 2. The fraction of sp³-hybridized carbons (Fsp3) is 0.238. The summed E-state index contributed by atoms with van der Waals surface area (Å²) >= 11 is 0. The summed E-state index contributed by atoms with van der Waals surface area (Å²) in [6.45, 7) is 3.38. The smallest absolute Gasteiger partial charge is 0.338 e. The van der Waals surface area contributed by atoms with Gasteiger partial charge in [-0.2, -0.15) is 0 Å². The van der Waals surface area contributed by atoms with Gasteiger partial charge in [-0.1, -0.05) is 18.2 Å². The summed E-state index contributed by atoms with van der Waals surface area (Å²) < 4.78 is 5.23. The molecule has 1 aliphatic rings. The van der Waals surface area contributed by atoms with Crippen molar-refractivity contribution in [2.24, 2.45) is 0 Å². The molecule has 144 valence electrons. The van der Waals surface area contributed by atoms with Gasteiger partial charge in [0.1, 0.15) is 0 Å². The summed E-state index contributed by atoms with van der Waals surface area (Å²) in [6, 6.07) is 13.3. The number of nitrogens with one attached hydrogen (secondary N) is 1. The molecule has 3 amide bonds. The van der Waals surface area contributed by atoms with Crippen molar-refractivity contribution in [3.8, 4) is 0 Å². The van der Waals surface area contributed by atoms with Gasteiger partial charge >= 0.3 is 5.97 Å². The second-order valence-corrected chi connectivity index (χ2v) is 6.58. The van der Waals surface area contributed by atoms with Crippen LogP contribution in [-0.2, 0) is 19.1 Å². The molecule has 1 atom stereocenters. The van der Waals surface area contributed by atoms with Crippen molar-refractivity contribution in [3.63, 3.8) is 0 Å². The maximum atomic E-state index is 12.4. The van der Waals surface area contributed by atoms with Crippen LogP contribution in [0.25, 0.3) is 0 Å². The molecule has 28 heavy (non-hydrogen) atoms. The zero-order valence-corrected chi connectivity index (χ0v) is 15.6. The molecule has 3 rings (SSSR count). The average molecular weight is 380 g/mol. The first-order valence-electron chi connectivity index (χ1n) is 8.89. The topological polar surface area (TPSA) is 92.8 Å². The van der Waals surface area contributed by atoms with Gasteiger partial charge in [0.05, 0.1) is 11.3 Å². The van der Waals surface area contributed by atoms with E-state index in [1.807, 2.05) is 19.1 Å². The number of carbonyl (C=O) groups is 4. The number of nitrogens with zero attached hydrogens (tertiary/aromatic N) is 1. The van der Waals surface area contributed by atoms with Crippen LogP contribution in [0.5, 0.6) is 0 Å². The van der Waals surface area contributed by atoms with Crippen LogP contribution in [0, 0.1) is 6.92 Å². The fourth-order valence-electron chi connectivity index (χ4n) is 2.89. The molecule has 1 fully saturated rings. The predicted octanol–water partition coefficient (Wildman–Crippen LogP) is 2.83. The highest BCUT2D eigenvalue weighted by atomic mass is 16.5. The minimum atomic E-state index is -1.02. The Morgan fingerprint density at radius 1 is 1.04 bits per heavy atom. The predicted molar refractivity (Wildman–Crippen MR) is 103 cm³/mol. The summed E-state index contributed by atoms with van der Waals surface area (Å²) in [5.74, 6) is -1.78. The molecule has 0 bridgehead atoms. The molecule has 2 aromatic rings. The van der Waals surface area contributed by atoms with Gasteiger partial charge in [0, 0.05) is 18.5 Å². The number of anilines is 2. The number of ether oxygens (including phenoxy) is 1. The van der Waals surface area contributed by atoms with Crippen LogP contribution in [0.4, 0.5) is 11.4 Å². The Labute approximate surface area is 162 Å². The number of imide groups is 1. The van der Waals surface area contributed by atoms with E-state index in [4.69, 9.17) is 4.74 Å². The Bertz CT molecular complexity index is 937. The number of esters is 1. The number of hydrogen-bond acceptors (Lipinski definition) is 5. The minimum absolute atomic E-state index is 0.153. The standard InChI is InChI=1S/C21H20N2O5/c1-13-5-3-7-16(11-13)22-20(26)14(2)28-21(27)15-6-4-8-17(12-15)23-18(24)9-10-19(23)25/h3-8,11-12,14H,9-10H2,1-2H3,(H,22,26)/t14-/m0/s1. The Hall–Kier alpha value is -3.48. The molecule has 1 N–H and O–H groups in total. The van der Waals surface area contributed by atoms with Gasteiger partial charge in [0.15, 0.2) is 6.10 Å². The maximum absolute atomic E-state index is 12.4. The highest BCUT2D eigenvalue weighted by Gasteiger charge is 2.30. The van der Waals surface area contributed by atoms with E-state index >= 15 is 0 Å². The molecule has 1 saturated heterocycles. The second-order valence-electron chi connectivity index (χ2n) is 6.58. The van der Waals surface area contributed by atoms with Crippen LogP contribution in [0.15, 0.2) is 48.5 Å². The highest BCUT2D eigenvalue weighted by molar-refractivity contribution is 6.20. The van der Waals surface area contributed by atoms with Crippen LogP contribution >= 0.6 is 0 Å². The number of rotatable bonds is 5. The van der Waals surface area contributed by atoms with Crippen molar-refractivity contribution < 1.29 is 23.9 Å². The van der Waals surface area contributed by atoms with Crippen LogP contribution in [-0.4, -0.2) is 29.8 Å². The van der Waals surface area contributed by atoms with Gasteiger partial charge in [-0.15, -0.1) is 0 Å². The third kappa shape index (κ3) is 4.25. The first kappa shape index (κ1) is 19.3. The van der Waals surface area contributed by atoms with Gasteiger partial charge in [-0.3, -0.25) is 19.3 Å². The first-order valence-corrected chi connectivity index (χ1v) is 8.89. The number of amides is 3. The van der Waals surface area contributed by atoms with Crippen LogP contribution in [0.2, 0.25) is 0 Å². The van der Waals surface area contributed by atoms with Crippen molar-refractivity contribution in [2.75, 3.05) is 10.2 Å². The Kier molecular flexibility index (Phi) is 5.54. The van der Waals surface area contributed by atoms with Gasteiger partial charge < -0.3 is 10.1 Å². The van der Waals surface area contributed by atoms with Crippen LogP contribution in [0.1, 0.15) is 35.7 Å². The molecule has 7 nitrogen and oxygen atoms in total. The summed E-state index contributed by atoms with van der Waals surface area (Å²) in [7, 11) is 0. The van der Waals surface area contributed by atoms with Gasteiger partial charge in [0.25, 0.3) is 5.91 Å². The van der Waals surface area contributed by atoms with Gasteiger partial charge in [-0.05, 0) is 49.7 Å². The van der Waals surface area contributed by atoms with E-state index in [0.29, 0.717) is 11.4 Å². The zero-order chi connectivity index (χ0) is 20.3. The normalized spacial score (nSPS) is 14.7. The first-order chi connectivity index (χ1) is 13.3. The van der Waals surface area contributed by atoms with E-state index in [1.165, 1.54) is 19.1 Å². The minimum Gasteiger partial charge on any atom is -0.449 e. The summed E-state index contributed by atoms with van der Waals surface area (Å²) in [6.07, 6.45) is -0.709.